The van der Waals surface area contributed by atoms with Crippen LogP contribution in [0.4, 0.5) is 0 Å². The Morgan fingerprint density at radius 1 is 1.15 bits per heavy atom. The Balaban J connectivity index is 2.08. The maximum absolute atomic E-state index is 11.6. The van der Waals surface area contributed by atoms with Crippen LogP contribution >= 0.6 is 0 Å². The number of likely N-dealkylation sites (tertiary alicyclic amines) is 1. The SMILES string of the molecule is CCNC(=NCCCN1CCCC1=O)NCCCCCCC(=O)OCC. The lowest BCUT2D eigenvalue weighted by Gasteiger charge is -2.15. The molecular weight excluding hydrogens is 332 g/mol. The molecule has 1 amide bonds. The van der Waals surface area contributed by atoms with Crippen molar-refractivity contribution in [3.05, 3.63) is 0 Å². The predicted octanol–water partition coefficient (Wildman–Crippen LogP) is 2.07. The normalized spacial score (nSPS) is 14.6. The standard InChI is InChI=1S/C19H36N4O3/c1-3-20-19(22-14-10-16-23-15-9-11-17(23)24)21-13-8-6-5-7-12-18(25)26-4-2/h3-16H2,1-2H3,(H2,20,21,22). The fourth-order valence-corrected chi connectivity index (χ4v) is 2.92. The van der Waals surface area contributed by atoms with Gasteiger partial charge in [-0.25, -0.2) is 0 Å². The van der Waals surface area contributed by atoms with Crippen molar-refractivity contribution in [2.75, 3.05) is 39.3 Å². The van der Waals surface area contributed by atoms with Crippen molar-refractivity contribution >= 4 is 17.8 Å². The Morgan fingerprint density at radius 2 is 1.96 bits per heavy atom. The molecule has 0 bridgehead atoms. The molecule has 0 radical (unpaired) electrons. The van der Waals surface area contributed by atoms with Crippen molar-refractivity contribution in [1.29, 1.82) is 0 Å². The van der Waals surface area contributed by atoms with Gasteiger partial charge in [-0.15, -0.1) is 0 Å². The van der Waals surface area contributed by atoms with Crippen LogP contribution < -0.4 is 10.6 Å². The van der Waals surface area contributed by atoms with E-state index in [4.69, 9.17) is 4.74 Å². The van der Waals surface area contributed by atoms with Crippen molar-refractivity contribution in [3.63, 3.8) is 0 Å². The molecule has 1 heterocycles. The summed E-state index contributed by atoms with van der Waals surface area (Å²) >= 11 is 0. The Morgan fingerprint density at radius 3 is 2.65 bits per heavy atom. The zero-order valence-corrected chi connectivity index (χ0v) is 16.5. The summed E-state index contributed by atoms with van der Waals surface area (Å²) in [5.74, 6) is 1.02. The molecule has 7 nitrogen and oxygen atoms in total. The number of unbranched alkanes of at least 4 members (excludes halogenated alkanes) is 3. The third-order valence-corrected chi connectivity index (χ3v) is 4.28. The topological polar surface area (TPSA) is 83.0 Å². The highest BCUT2D eigenvalue weighted by Crippen LogP contribution is 2.09. The van der Waals surface area contributed by atoms with Crippen LogP contribution in [-0.4, -0.2) is 62.1 Å². The van der Waals surface area contributed by atoms with Crippen LogP contribution in [0.15, 0.2) is 4.99 Å². The van der Waals surface area contributed by atoms with Crippen LogP contribution in [0, 0.1) is 0 Å². The van der Waals surface area contributed by atoms with Gasteiger partial charge in [0, 0.05) is 45.6 Å². The van der Waals surface area contributed by atoms with Gasteiger partial charge in [-0.1, -0.05) is 12.8 Å². The number of carbonyl (C=O) groups is 2. The molecule has 1 fully saturated rings. The first-order chi connectivity index (χ1) is 12.7. The minimum atomic E-state index is -0.0946. The molecule has 0 aromatic carbocycles. The van der Waals surface area contributed by atoms with Gasteiger partial charge in [-0.05, 0) is 39.5 Å². The number of amides is 1. The zero-order chi connectivity index (χ0) is 19.0. The van der Waals surface area contributed by atoms with Crippen LogP contribution in [0.1, 0.15) is 65.2 Å². The van der Waals surface area contributed by atoms with Gasteiger partial charge >= 0.3 is 5.97 Å². The van der Waals surface area contributed by atoms with Crippen molar-refractivity contribution in [1.82, 2.24) is 15.5 Å². The molecule has 0 atom stereocenters. The number of nitrogens with zero attached hydrogens (tertiary/aromatic N) is 2. The van der Waals surface area contributed by atoms with Gasteiger partial charge in [0.05, 0.1) is 6.61 Å². The van der Waals surface area contributed by atoms with E-state index in [9.17, 15) is 9.59 Å². The van der Waals surface area contributed by atoms with Gasteiger partial charge in [0.15, 0.2) is 5.96 Å². The molecule has 0 saturated carbocycles. The smallest absolute Gasteiger partial charge is 0.305 e. The van der Waals surface area contributed by atoms with E-state index in [0.29, 0.717) is 19.4 Å². The number of carbonyl (C=O) groups excluding carboxylic acids is 2. The monoisotopic (exact) mass is 368 g/mol. The summed E-state index contributed by atoms with van der Waals surface area (Å²) in [6.07, 6.45) is 7.18. The number of aliphatic imine (C=N–C) groups is 1. The maximum atomic E-state index is 11.6. The molecule has 2 N–H and O–H groups in total. The van der Waals surface area contributed by atoms with E-state index < -0.39 is 0 Å². The molecule has 0 aromatic rings. The van der Waals surface area contributed by atoms with E-state index in [1.807, 2.05) is 11.8 Å². The lowest BCUT2D eigenvalue weighted by atomic mass is 10.1. The molecule has 1 rings (SSSR count). The first kappa shape index (κ1) is 22.3. The second kappa shape index (κ2) is 14.4. The number of hydrogen-bond acceptors (Lipinski definition) is 4. The lowest BCUT2D eigenvalue weighted by molar-refractivity contribution is -0.143. The van der Waals surface area contributed by atoms with Crippen molar-refractivity contribution in [2.24, 2.45) is 4.99 Å². The summed E-state index contributed by atoms with van der Waals surface area (Å²) in [5, 5.41) is 6.59. The Bertz CT molecular complexity index is 441. The molecule has 7 heteroatoms. The minimum Gasteiger partial charge on any atom is -0.466 e. The second-order valence-corrected chi connectivity index (χ2v) is 6.49. The Hall–Kier alpha value is -1.79. The molecule has 0 aliphatic carbocycles. The van der Waals surface area contributed by atoms with Crippen molar-refractivity contribution < 1.29 is 14.3 Å². The molecule has 0 aromatic heterocycles. The Kier molecular flexibility index (Phi) is 12.3. The van der Waals surface area contributed by atoms with E-state index >= 15 is 0 Å². The van der Waals surface area contributed by atoms with Gasteiger partial charge in [0.1, 0.15) is 0 Å². The molecule has 1 aliphatic heterocycles. The first-order valence-electron chi connectivity index (χ1n) is 10.1. The largest absolute Gasteiger partial charge is 0.466 e. The highest BCUT2D eigenvalue weighted by molar-refractivity contribution is 5.79. The van der Waals surface area contributed by atoms with Crippen LogP contribution in [-0.2, 0) is 14.3 Å². The number of esters is 1. The van der Waals surface area contributed by atoms with Gasteiger partial charge in [-0.2, -0.15) is 0 Å². The fourth-order valence-electron chi connectivity index (χ4n) is 2.92. The van der Waals surface area contributed by atoms with E-state index in [0.717, 1.165) is 77.2 Å². The molecule has 1 aliphatic rings. The third kappa shape index (κ3) is 10.3. The number of nitrogens with one attached hydrogen (secondary N) is 2. The van der Waals surface area contributed by atoms with E-state index in [1.54, 1.807) is 0 Å². The number of guanidine groups is 1. The quantitative estimate of drug-likeness (QED) is 0.225. The van der Waals surface area contributed by atoms with Gasteiger partial charge < -0.3 is 20.3 Å². The average molecular weight is 369 g/mol. The van der Waals surface area contributed by atoms with E-state index in [2.05, 4.69) is 22.5 Å². The van der Waals surface area contributed by atoms with E-state index in [1.165, 1.54) is 0 Å². The maximum Gasteiger partial charge on any atom is 0.305 e. The fraction of sp³-hybridized carbons (Fsp3) is 0.842. The first-order valence-corrected chi connectivity index (χ1v) is 10.1. The minimum absolute atomic E-state index is 0.0946. The summed E-state index contributed by atoms with van der Waals surface area (Å²) in [6, 6.07) is 0. The molecular formula is C19H36N4O3. The molecule has 150 valence electrons. The predicted molar refractivity (Wildman–Crippen MR) is 104 cm³/mol. The Labute approximate surface area is 157 Å². The van der Waals surface area contributed by atoms with Gasteiger partial charge in [0.25, 0.3) is 0 Å². The number of rotatable bonds is 13. The van der Waals surface area contributed by atoms with Crippen LogP contribution in [0.2, 0.25) is 0 Å². The zero-order valence-electron chi connectivity index (χ0n) is 16.5. The van der Waals surface area contributed by atoms with Crippen molar-refractivity contribution in [2.45, 2.75) is 65.2 Å². The highest BCUT2D eigenvalue weighted by Gasteiger charge is 2.18. The number of ether oxygens (including phenoxy) is 1. The van der Waals surface area contributed by atoms with Crippen LogP contribution in [0.3, 0.4) is 0 Å². The summed E-state index contributed by atoms with van der Waals surface area (Å²) < 4.78 is 4.92. The summed E-state index contributed by atoms with van der Waals surface area (Å²) in [5.41, 5.74) is 0. The van der Waals surface area contributed by atoms with Crippen LogP contribution in [0.25, 0.3) is 0 Å². The average Bonchev–Trinajstić information content (AvgIpc) is 3.03. The molecule has 1 saturated heterocycles. The number of hydrogen-bond donors (Lipinski definition) is 2. The molecule has 0 unspecified atom stereocenters. The van der Waals surface area contributed by atoms with Crippen LogP contribution in [0.5, 0.6) is 0 Å². The molecule has 0 spiro atoms. The van der Waals surface area contributed by atoms with Gasteiger partial charge in [-0.3, -0.25) is 14.6 Å². The van der Waals surface area contributed by atoms with Crippen molar-refractivity contribution in [3.8, 4) is 0 Å². The lowest BCUT2D eigenvalue weighted by Crippen LogP contribution is -2.38. The summed E-state index contributed by atoms with van der Waals surface area (Å²) in [7, 11) is 0. The summed E-state index contributed by atoms with van der Waals surface area (Å²) in [6.45, 7) is 8.47. The second-order valence-electron chi connectivity index (χ2n) is 6.49. The summed E-state index contributed by atoms with van der Waals surface area (Å²) in [4.78, 5) is 29.3. The highest BCUT2D eigenvalue weighted by atomic mass is 16.5. The van der Waals surface area contributed by atoms with Gasteiger partial charge in [0.2, 0.25) is 5.91 Å². The third-order valence-electron chi connectivity index (χ3n) is 4.28. The molecule has 26 heavy (non-hydrogen) atoms. The van der Waals surface area contributed by atoms with E-state index in [-0.39, 0.29) is 11.9 Å².